The predicted molar refractivity (Wildman–Crippen MR) is 96.5 cm³/mol. The zero-order valence-electron chi connectivity index (χ0n) is 13.9. The van der Waals surface area contributed by atoms with Crippen LogP contribution < -0.4 is 11.2 Å². The molecule has 8 nitrogen and oxygen atoms in total. The highest BCUT2D eigenvalue weighted by Crippen LogP contribution is 2.20. The van der Waals surface area contributed by atoms with Crippen molar-refractivity contribution < 1.29 is 14.7 Å². The van der Waals surface area contributed by atoms with Crippen molar-refractivity contribution >= 4 is 17.7 Å². The van der Waals surface area contributed by atoms with Crippen LogP contribution in [0.25, 0.3) is 11.1 Å². The van der Waals surface area contributed by atoms with Gasteiger partial charge in [-0.2, -0.15) is 0 Å². The quantitative estimate of drug-likeness (QED) is 0.207. The minimum Gasteiger partial charge on any atom is -0.481 e. The van der Waals surface area contributed by atoms with Crippen molar-refractivity contribution in [3.63, 3.8) is 0 Å². The lowest BCUT2D eigenvalue weighted by Gasteiger charge is -2.16. The molecule has 0 unspecified atom stereocenters. The van der Waals surface area contributed by atoms with Crippen molar-refractivity contribution in [3.05, 3.63) is 60.2 Å². The lowest BCUT2D eigenvalue weighted by Crippen LogP contribution is -2.41. The molecule has 0 saturated heterocycles. The molecule has 134 valence electrons. The number of nitrogens with one attached hydrogen (secondary N) is 2. The number of amidine groups is 1. The van der Waals surface area contributed by atoms with Gasteiger partial charge in [0, 0.05) is 6.04 Å². The molecule has 0 aromatic heterocycles. The molecule has 0 aliphatic heterocycles. The van der Waals surface area contributed by atoms with Crippen LogP contribution in [0.15, 0.2) is 64.9 Å². The van der Waals surface area contributed by atoms with E-state index in [1.165, 1.54) is 0 Å². The number of hydrogen-bond acceptors (Lipinski definition) is 4. The third-order valence-corrected chi connectivity index (χ3v) is 3.67. The van der Waals surface area contributed by atoms with Crippen LogP contribution in [-0.4, -0.2) is 28.9 Å². The van der Waals surface area contributed by atoms with Crippen molar-refractivity contribution in [1.29, 1.82) is 5.41 Å². The van der Waals surface area contributed by atoms with Crippen LogP contribution in [-0.2, 0) is 16.0 Å². The maximum Gasteiger partial charge on any atom is 0.305 e. The van der Waals surface area contributed by atoms with Crippen LogP contribution in [0.4, 0.5) is 0 Å². The number of hydrogen-bond donors (Lipinski definition) is 4. The Morgan fingerprint density at radius 2 is 1.69 bits per heavy atom. The average molecular weight is 353 g/mol. The van der Waals surface area contributed by atoms with E-state index in [2.05, 4.69) is 15.7 Å². The second kappa shape index (κ2) is 9.07. The largest absolute Gasteiger partial charge is 0.481 e. The molecule has 0 radical (unpaired) electrons. The summed E-state index contributed by atoms with van der Waals surface area (Å²) in [5.41, 5.74) is 2.98. The summed E-state index contributed by atoms with van der Waals surface area (Å²) >= 11 is 0. The Bertz CT molecular complexity index is 803. The van der Waals surface area contributed by atoms with E-state index in [0.717, 1.165) is 16.7 Å². The smallest absolute Gasteiger partial charge is 0.305 e. The van der Waals surface area contributed by atoms with Crippen LogP contribution in [0.3, 0.4) is 0 Å². The summed E-state index contributed by atoms with van der Waals surface area (Å²) in [4.78, 5) is 22.9. The van der Waals surface area contributed by atoms with Gasteiger partial charge in [-0.15, -0.1) is 5.11 Å². The predicted octanol–water partition coefficient (Wildman–Crippen LogP) is 2.16. The van der Waals surface area contributed by atoms with E-state index in [4.69, 9.17) is 16.4 Å². The summed E-state index contributed by atoms with van der Waals surface area (Å²) in [6.07, 6.45) is 0.0272. The van der Waals surface area contributed by atoms with E-state index >= 15 is 0 Å². The fraction of sp³-hybridized carbons (Fsp3) is 0.167. The molecular formula is C18H19N5O3. The van der Waals surface area contributed by atoms with Gasteiger partial charge in [0.1, 0.15) is 0 Å². The lowest BCUT2D eigenvalue weighted by molar-refractivity contribution is -0.137. The van der Waals surface area contributed by atoms with Crippen molar-refractivity contribution in [1.82, 2.24) is 5.32 Å². The first-order chi connectivity index (χ1) is 12.5. The fourth-order valence-corrected chi connectivity index (χ4v) is 2.49. The highest BCUT2D eigenvalue weighted by Gasteiger charge is 2.19. The molecule has 8 heteroatoms. The molecule has 0 aliphatic carbocycles. The van der Waals surface area contributed by atoms with E-state index in [1.807, 2.05) is 54.6 Å². The van der Waals surface area contributed by atoms with Crippen LogP contribution >= 0.6 is 0 Å². The number of amides is 1. The third-order valence-electron chi connectivity index (χ3n) is 3.67. The summed E-state index contributed by atoms with van der Waals surface area (Å²) in [5, 5.41) is 24.9. The standard InChI is InChI=1S/C18H19N5O3/c19-17(22-23-20)18(26)21-15(11-16(24)25)10-12-6-8-14(9-7-12)13-4-2-1-3-5-13/h1-9,15H,10-11H2,(H,21,26)(H,24,25)(H3,19,20,22)/t15-/m1/s1. The Labute approximate surface area is 150 Å². The Kier molecular flexibility index (Phi) is 6.55. The highest BCUT2D eigenvalue weighted by molar-refractivity contribution is 6.36. The van der Waals surface area contributed by atoms with E-state index in [-0.39, 0.29) is 6.42 Å². The number of nitrogens with zero attached hydrogens (tertiary/aromatic N) is 2. The second-order valence-electron chi connectivity index (χ2n) is 5.60. The molecule has 0 bridgehead atoms. The van der Waals surface area contributed by atoms with Gasteiger partial charge in [-0.05, 0) is 23.1 Å². The molecule has 0 aliphatic rings. The zero-order chi connectivity index (χ0) is 18.9. The topological polar surface area (TPSA) is 141 Å². The lowest BCUT2D eigenvalue weighted by atomic mass is 9.99. The normalized spacial score (nSPS) is 11.8. The number of carbonyl (C=O) groups is 2. The number of aliphatic carboxylic acids is 1. The van der Waals surface area contributed by atoms with Gasteiger partial charge in [0.15, 0.2) is 0 Å². The molecule has 1 atom stereocenters. The molecule has 5 N–H and O–H groups in total. The first-order valence-electron chi connectivity index (χ1n) is 7.86. The van der Waals surface area contributed by atoms with Gasteiger partial charge in [-0.1, -0.05) is 59.8 Å². The average Bonchev–Trinajstić information content (AvgIpc) is 2.62. The maximum absolute atomic E-state index is 11.8. The van der Waals surface area contributed by atoms with Gasteiger partial charge in [0.25, 0.3) is 5.91 Å². The van der Waals surface area contributed by atoms with Crippen LogP contribution in [0, 0.1) is 5.41 Å². The van der Waals surface area contributed by atoms with Crippen molar-refractivity contribution in [2.45, 2.75) is 18.9 Å². The summed E-state index contributed by atoms with van der Waals surface area (Å²) in [6, 6.07) is 16.8. The van der Waals surface area contributed by atoms with Gasteiger partial charge in [-0.3, -0.25) is 15.0 Å². The van der Waals surface area contributed by atoms with Crippen molar-refractivity contribution in [2.24, 2.45) is 16.2 Å². The van der Waals surface area contributed by atoms with Crippen molar-refractivity contribution in [3.8, 4) is 11.1 Å². The summed E-state index contributed by atoms with van der Waals surface area (Å²) in [7, 11) is 0. The van der Waals surface area contributed by atoms with Gasteiger partial charge < -0.3 is 16.3 Å². The zero-order valence-corrected chi connectivity index (χ0v) is 13.9. The van der Waals surface area contributed by atoms with Crippen LogP contribution in [0.1, 0.15) is 12.0 Å². The van der Waals surface area contributed by atoms with Gasteiger partial charge >= 0.3 is 5.97 Å². The minimum atomic E-state index is -1.05. The van der Waals surface area contributed by atoms with E-state index in [0.29, 0.717) is 6.42 Å². The van der Waals surface area contributed by atoms with E-state index in [1.54, 1.807) is 0 Å². The van der Waals surface area contributed by atoms with Crippen LogP contribution in [0.5, 0.6) is 0 Å². The van der Waals surface area contributed by atoms with E-state index in [9.17, 15) is 9.59 Å². The van der Waals surface area contributed by atoms with Crippen molar-refractivity contribution in [2.75, 3.05) is 0 Å². The molecule has 2 rings (SSSR count). The molecule has 0 saturated carbocycles. The molecule has 26 heavy (non-hydrogen) atoms. The number of carbonyl (C=O) groups excluding carboxylic acids is 1. The molecule has 1 amide bonds. The number of benzene rings is 2. The summed E-state index contributed by atoms with van der Waals surface area (Å²) < 4.78 is 0. The van der Waals surface area contributed by atoms with Crippen LogP contribution in [0.2, 0.25) is 0 Å². The number of nitrogens with two attached hydrogens (primary N) is 1. The van der Waals surface area contributed by atoms with Gasteiger partial charge in [-0.25, -0.2) is 0 Å². The first-order valence-corrected chi connectivity index (χ1v) is 7.86. The third kappa shape index (κ3) is 5.52. The maximum atomic E-state index is 11.8. The fourth-order valence-electron chi connectivity index (χ4n) is 2.49. The molecule has 0 spiro atoms. The second-order valence-corrected chi connectivity index (χ2v) is 5.60. The number of carboxylic acids is 1. The molecule has 2 aromatic carbocycles. The van der Waals surface area contributed by atoms with E-state index < -0.39 is 23.8 Å². The molecule has 2 aromatic rings. The number of carboxylic acid groups (broad SMARTS) is 1. The highest BCUT2D eigenvalue weighted by atomic mass is 16.4. The Balaban J connectivity index is 2.09. The van der Waals surface area contributed by atoms with Gasteiger partial charge in [0.05, 0.1) is 6.42 Å². The Morgan fingerprint density at radius 3 is 2.27 bits per heavy atom. The number of rotatable bonds is 6. The van der Waals surface area contributed by atoms with Gasteiger partial charge in [0.2, 0.25) is 5.84 Å². The molecular weight excluding hydrogens is 334 g/mol. The first kappa shape index (κ1) is 18.8. The molecule has 0 heterocycles. The Hall–Kier alpha value is -3.55. The summed E-state index contributed by atoms with van der Waals surface area (Å²) in [5.74, 6) is 2.25. The monoisotopic (exact) mass is 353 g/mol. The SMILES string of the molecule is N=C(N=NN)C(=O)N[C@@H](CC(=O)O)Cc1ccc(-c2ccccc2)cc1. The summed E-state index contributed by atoms with van der Waals surface area (Å²) in [6.45, 7) is 0. The molecule has 0 fully saturated rings. The Morgan fingerprint density at radius 1 is 1.08 bits per heavy atom. The minimum absolute atomic E-state index is 0.279.